The molecule has 0 atom stereocenters. The fourth-order valence-corrected chi connectivity index (χ4v) is 2.69. The average molecular weight is 354 g/mol. The van der Waals surface area contributed by atoms with E-state index < -0.39 is 11.7 Å². The Hall–Kier alpha value is -1.75. The summed E-state index contributed by atoms with van der Waals surface area (Å²) in [6.07, 6.45) is -1.80. The number of aromatic nitrogens is 1. The summed E-state index contributed by atoms with van der Waals surface area (Å²) in [5.41, 5.74) is 2.31. The highest BCUT2D eigenvalue weighted by molar-refractivity contribution is 9.10. The van der Waals surface area contributed by atoms with Crippen molar-refractivity contribution in [2.45, 2.75) is 12.6 Å². The molecule has 0 amide bonds. The van der Waals surface area contributed by atoms with Crippen LogP contribution in [0.5, 0.6) is 0 Å². The lowest BCUT2D eigenvalue weighted by molar-refractivity contribution is -0.137. The van der Waals surface area contributed by atoms with Gasteiger partial charge in [-0.25, -0.2) is 0 Å². The number of aromatic amines is 1. The summed E-state index contributed by atoms with van der Waals surface area (Å²) < 4.78 is 38.6. The molecule has 0 bridgehead atoms. The topological polar surface area (TPSA) is 15.8 Å². The summed E-state index contributed by atoms with van der Waals surface area (Å²) in [7, 11) is 0. The van der Waals surface area contributed by atoms with E-state index in [2.05, 4.69) is 20.9 Å². The van der Waals surface area contributed by atoms with Gasteiger partial charge in [-0.05, 0) is 47.9 Å². The molecule has 1 nitrogen and oxygen atoms in total. The molecule has 1 heterocycles. The summed E-state index contributed by atoms with van der Waals surface area (Å²) in [5, 5.41) is 1.07. The van der Waals surface area contributed by atoms with Crippen molar-refractivity contribution in [3.63, 3.8) is 0 Å². The van der Waals surface area contributed by atoms with Crippen LogP contribution in [-0.2, 0) is 12.6 Å². The molecule has 3 rings (SSSR count). The maximum Gasteiger partial charge on any atom is 0.416 e. The number of hydrogen-bond acceptors (Lipinski definition) is 0. The molecule has 0 spiro atoms. The van der Waals surface area contributed by atoms with E-state index >= 15 is 0 Å². The normalized spacial score (nSPS) is 12.0. The van der Waals surface area contributed by atoms with Gasteiger partial charge in [0, 0.05) is 21.6 Å². The van der Waals surface area contributed by atoms with Crippen LogP contribution < -0.4 is 0 Å². The zero-order valence-electron chi connectivity index (χ0n) is 10.8. The van der Waals surface area contributed by atoms with Crippen LogP contribution in [-0.4, -0.2) is 4.98 Å². The van der Waals surface area contributed by atoms with Crippen LogP contribution in [0.3, 0.4) is 0 Å². The van der Waals surface area contributed by atoms with Crippen molar-refractivity contribution in [2.24, 2.45) is 0 Å². The van der Waals surface area contributed by atoms with Crippen molar-refractivity contribution in [1.82, 2.24) is 4.98 Å². The molecule has 2 aromatic carbocycles. The summed E-state index contributed by atoms with van der Waals surface area (Å²) in [5.74, 6) is 0. The second-order valence-corrected chi connectivity index (χ2v) is 5.79. The number of benzene rings is 2. The van der Waals surface area contributed by atoms with Crippen LogP contribution in [0, 0.1) is 0 Å². The molecule has 5 heteroatoms. The number of alkyl halides is 3. The Bertz CT molecular complexity index is 772. The van der Waals surface area contributed by atoms with Crippen molar-refractivity contribution >= 4 is 26.8 Å². The summed E-state index contributed by atoms with van der Waals surface area (Å²) in [4.78, 5) is 3.17. The first-order valence-electron chi connectivity index (χ1n) is 6.35. The van der Waals surface area contributed by atoms with E-state index in [1.165, 1.54) is 12.1 Å². The minimum absolute atomic E-state index is 0.592. The van der Waals surface area contributed by atoms with Crippen molar-refractivity contribution in [1.29, 1.82) is 0 Å². The number of halogens is 4. The van der Waals surface area contributed by atoms with Gasteiger partial charge in [-0.2, -0.15) is 13.2 Å². The lowest BCUT2D eigenvalue weighted by Crippen LogP contribution is -2.04. The van der Waals surface area contributed by atoms with Crippen LogP contribution in [0.15, 0.2) is 53.1 Å². The van der Waals surface area contributed by atoms with Gasteiger partial charge in [0.05, 0.1) is 5.56 Å². The Morgan fingerprint density at radius 1 is 1.00 bits per heavy atom. The first kappa shape index (κ1) is 14.2. The van der Waals surface area contributed by atoms with Gasteiger partial charge >= 0.3 is 6.18 Å². The van der Waals surface area contributed by atoms with Crippen LogP contribution in [0.4, 0.5) is 13.2 Å². The number of nitrogens with one attached hydrogen (secondary N) is 1. The van der Waals surface area contributed by atoms with Crippen molar-refractivity contribution in [2.75, 3.05) is 0 Å². The molecule has 0 saturated carbocycles. The predicted molar refractivity (Wildman–Crippen MR) is 80.2 cm³/mol. The van der Waals surface area contributed by atoms with E-state index in [-0.39, 0.29) is 0 Å². The molecule has 0 fully saturated rings. The van der Waals surface area contributed by atoms with Crippen molar-refractivity contribution in [3.05, 3.63) is 69.8 Å². The maximum absolute atomic E-state index is 12.5. The Morgan fingerprint density at radius 2 is 1.71 bits per heavy atom. The van der Waals surface area contributed by atoms with Gasteiger partial charge in [0.2, 0.25) is 0 Å². The van der Waals surface area contributed by atoms with E-state index in [9.17, 15) is 13.2 Å². The third kappa shape index (κ3) is 2.97. The first-order chi connectivity index (χ1) is 9.93. The monoisotopic (exact) mass is 353 g/mol. The molecule has 1 aromatic heterocycles. The fraction of sp³-hybridized carbons (Fsp3) is 0.125. The molecule has 3 aromatic rings. The van der Waals surface area contributed by atoms with E-state index in [1.54, 1.807) is 0 Å². The van der Waals surface area contributed by atoms with Gasteiger partial charge in [-0.1, -0.05) is 28.1 Å². The molecule has 0 radical (unpaired) electrons. The van der Waals surface area contributed by atoms with Gasteiger partial charge < -0.3 is 4.98 Å². The SMILES string of the molecule is FC(F)(F)c1ccc(Cc2c[nH]c3ccc(Br)cc23)cc1. The predicted octanol–water partition coefficient (Wildman–Crippen LogP) is 5.54. The molecule has 108 valence electrons. The summed E-state index contributed by atoms with van der Waals surface area (Å²) in [6, 6.07) is 11.2. The first-order valence-corrected chi connectivity index (χ1v) is 7.14. The van der Waals surface area contributed by atoms with E-state index in [0.29, 0.717) is 6.42 Å². The molecule has 0 unspecified atom stereocenters. The second kappa shape index (κ2) is 5.22. The van der Waals surface area contributed by atoms with Gasteiger partial charge in [0.15, 0.2) is 0 Å². The quantitative estimate of drug-likeness (QED) is 0.622. The summed E-state index contributed by atoms with van der Waals surface area (Å²) >= 11 is 3.43. The molecular formula is C16H11BrF3N. The maximum atomic E-state index is 12.5. The van der Waals surface area contributed by atoms with Gasteiger partial charge in [0.1, 0.15) is 0 Å². The van der Waals surface area contributed by atoms with Crippen LogP contribution >= 0.6 is 15.9 Å². The second-order valence-electron chi connectivity index (χ2n) is 4.88. The third-order valence-electron chi connectivity index (χ3n) is 3.41. The Morgan fingerprint density at radius 3 is 2.38 bits per heavy atom. The zero-order valence-corrected chi connectivity index (χ0v) is 12.4. The number of hydrogen-bond donors (Lipinski definition) is 1. The van der Waals surface area contributed by atoms with Crippen LogP contribution in [0.1, 0.15) is 16.7 Å². The van der Waals surface area contributed by atoms with E-state index in [1.807, 2.05) is 24.4 Å². The third-order valence-corrected chi connectivity index (χ3v) is 3.90. The van der Waals surface area contributed by atoms with E-state index in [0.717, 1.165) is 38.6 Å². The lowest BCUT2D eigenvalue weighted by atomic mass is 10.0. The molecule has 1 N–H and O–H groups in total. The number of rotatable bonds is 2. The molecule has 0 aliphatic carbocycles. The fourth-order valence-electron chi connectivity index (χ4n) is 2.33. The Balaban J connectivity index is 1.90. The van der Waals surface area contributed by atoms with Crippen molar-refractivity contribution in [3.8, 4) is 0 Å². The Kier molecular flexibility index (Phi) is 3.53. The van der Waals surface area contributed by atoms with Crippen molar-refractivity contribution < 1.29 is 13.2 Å². The van der Waals surface area contributed by atoms with Gasteiger partial charge in [-0.15, -0.1) is 0 Å². The number of fused-ring (bicyclic) bond motifs is 1. The zero-order chi connectivity index (χ0) is 15.0. The molecule has 0 aliphatic heterocycles. The van der Waals surface area contributed by atoms with E-state index in [4.69, 9.17) is 0 Å². The standard InChI is InChI=1S/C16H11BrF3N/c17-13-5-6-15-14(8-13)11(9-21-15)7-10-1-3-12(4-2-10)16(18,19)20/h1-6,8-9,21H,7H2. The molecule has 0 aliphatic rings. The van der Waals surface area contributed by atoms with Gasteiger partial charge in [-0.3, -0.25) is 0 Å². The highest BCUT2D eigenvalue weighted by atomic mass is 79.9. The minimum atomic E-state index is -4.29. The number of H-pyrrole nitrogens is 1. The minimum Gasteiger partial charge on any atom is -0.361 e. The highest BCUT2D eigenvalue weighted by Crippen LogP contribution is 2.30. The molecule has 21 heavy (non-hydrogen) atoms. The highest BCUT2D eigenvalue weighted by Gasteiger charge is 2.29. The smallest absolute Gasteiger partial charge is 0.361 e. The lowest BCUT2D eigenvalue weighted by Gasteiger charge is -2.07. The average Bonchev–Trinajstić information content (AvgIpc) is 2.81. The molecular weight excluding hydrogens is 343 g/mol. The Labute approximate surface area is 127 Å². The van der Waals surface area contributed by atoms with Gasteiger partial charge in [0.25, 0.3) is 0 Å². The summed E-state index contributed by atoms with van der Waals surface area (Å²) in [6.45, 7) is 0. The largest absolute Gasteiger partial charge is 0.416 e. The van der Waals surface area contributed by atoms with Crippen LogP contribution in [0.25, 0.3) is 10.9 Å². The van der Waals surface area contributed by atoms with Crippen LogP contribution in [0.2, 0.25) is 0 Å². The molecule has 0 saturated heterocycles.